The van der Waals surface area contributed by atoms with Crippen LogP contribution in [0, 0.1) is 0 Å². The van der Waals surface area contributed by atoms with Crippen molar-refractivity contribution < 1.29 is 0 Å². The monoisotopic (exact) mass is 177 g/mol. The number of likely N-dealkylation sites (tertiary alicyclic amines) is 1. The van der Waals surface area contributed by atoms with E-state index in [0.717, 1.165) is 0 Å². The zero-order valence-corrected chi connectivity index (χ0v) is 7.98. The molecule has 1 aliphatic rings. The summed E-state index contributed by atoms with van der Waals surface area (Å²) in [7, 11) is 2.18. The number of aromatic nitrogens is 2. The van der Waals surface area contributed by atoms with Crippen molar-refractivity contribution in [3.8, 4) is 0 Å². The Morgan fingerprint density at radius 2 is 2.31 bits per heavy atom. The van der Waals surface area contributed by atoms with Crippen LogP contribution in [-0.2, 0) is 0 Å². The molecule has 0 aromatic carbocycles. The molecule has 0 radical (unpaired) electrons. The third-order valence-corrected chi connectivity index (χ3v) is 2.76. The summed E-state index contributed by atoms with van der Waals surface area (Å²) in [6.07, 6.45) is 7.56. The van der Waals surface area contributed by atoms with Crippen LogP contribution in [0.5, 0.6) is 0 Å². The first-order chi connectivity index (χ1) is 6.38. The summed E-state index contributed by atoms with van der Waals surface area (Å²) in [4.78, 5) is 2.40. The molecule has 2 rings (SSSR count). The molecule has 1 aliphatic heterocycles. The van der Waals surface area contributed by atoms with Crippen LogP contribution >= 0.6 is 0 Å². The maximum Gasteiger partial charge on any atom is 0.0544 e. The molecule has 1 aromatic rings. The van der Waals surface area contributed by atoms with Crippen molar-refractivity contribution in [2.24, 2.45) is 0 Å². The van der Waals surface area contributed by atoms with Gasteiger partial charge in [0.1, 0.15) is 0 Å². The maximum absolute atomic E-state index is 3.92. The van der Waals surface area contributed by atoms with E-state index in [4.69, 9.17) is 0 Å². The van der Waals surface area contributed by atoms with E-state index in [1.165, 1.54) is 31.4 Å². The zero-order valence-electron chi connectivity index (χ0n) is 7.98. The van der Waals surface area contributed by atoms with Crippen molar-refractivity contribution in [2.75, 3.05) is 13.6 Å². The van der Waals surface area contributed by atoms with Crippen LogP contribution < -0.4 is 0 Å². The maximum atomic E-state index is 3.92. The lowest BCUT2D eigenvalue weighted by molar-refractivity contribution is 0.187. The summed E-state index contributed by atoms with van der Waals surface area (Å²) in [5, 5.41) is 7.71. The Hall–Kier alpha value is -0.960. The van der Waals surface area contributed by atoms with Crippen molar-refractivity contribution in [2.45, 2.75) is 25.3 Å². The number of piperidine rings is 1. The van der Waals surface area contributed by atoms with Gasteiger partial charge in [-0.3, -0.25) is 4.90 Å². The summed E-state index contributed by atoms with van der Waals surface area (Å²) < 4.78 is 0. The molecular weight excluding hydrogens is 162 g/mol. The highest BCUT2D eigenvalue weighted by Crippen LogP contribution is 2.28. The van der Waals surface area contributed by atoms with Crippen LogP contribution in [0.4, 0.5) is 0 Å². The number of hydrogen-bond acceptors (Lipinski definition) is 3. The molecule has 0 bridgehead atoms. The van der Waals surface area contributed by atoms with Gasteiger partial charge in [-0.1, -0.05) is 6.42 Å². The standard InChI is InChI=1S/C10H15N3/c1-13-7-3-2-4-10(13)9-5-6-11-12-8-9/h5-6,8,10H,2-4,7H2,1H3/t10-/m0/s1. The van der Waals surface area contributed by atoms with Gasteiger partial charge >= 0.3 is 0 Å². The first kappa shape index (κ1) is 8.63. The van der Waals surface area contributed by atoms with Gasteiger partial charge in [-0.15, -0.1) is 0 Å². The number of hydrogen-bond donors (Lipinski definition) is 0. The van der Waals surface area contributed by atoms with Gasteiger partial charge in [0.2, 0.25) is 0 Å². The molecule has 0 saturated carbocycles. The average molecular weight is 177 g/mol. The van der Waals surface area contributed by atoms with Crippen LogP contribution in [-0.4, -0.2) is 28.7 Å². The first-order valence-electron chi connectivity index (χ1n) is 4.85. The Morgan fingerprint density at radius 1 is 1.38 bits per heavy atom. The largest absolute Gasteiger partial charge is 0.299 e. The summed E-state index contributed by atoms with van der Waals surface area (Å²) >= 11 is 0. The van der Waals surface area contributed by atoms with Crippen molar-refractivity contribution in [3.63, 3.8) is 0 Å². The number of rotatable bonds is 1. The van der Waals surface area contributed by atoms with Gasteiger partial charge in [0, 0.05) is 12.2 Å². The van der Waals surface area contributed by atoms with Crippen LogP contribution in [0.1, 0.15) is 30.9 Å². The van der Waals surface area contributed by atoms with Gasteiger partial charge in [-0.2, -0.15) is 10.2 Å². The van der Waals surface area contributed by atoms with Gasteiger partial charge in [-0.05, 0) is 38.1 Å². The molecular formula is C10H15N3. The van der Waals surface area contributed by atoms with Gasteiger partial charge in [0.05, 0.1) is 6.20 Å². The fourth-order valence-corrected chi connectivity index (χ4v) is 1.99. The summed E-state index contributed by atoms with van der Waals surface area (Å²) in [6, 6.07) is 2.63. The van der Waals surface area contributed by atoms with E-state index in [9.17, 15) is 0 Å². The Balaban J connectivity index is 2.15. The normalized spacial score (nSPS) is 24.5. The molecule has 0 aliphatic carbocycles. The molecule has 0 N–H and O–H groups in total. The second-order valence-corrected chi connectivity index (χ2v) is 3.67. The molecule has 1 aromatic heterocycles. The van der Waals surface area contributed by atoms with E-state index in [-0.39, 0.29) is 0 Å². The Kier molecular flexibility index (Phi) is 2.54. The lowest BCUT2D eigenvalue weighted by Crippen LogP contribution is -2.29. The third-order valence-electron chi connectivity index (χ3n) is 2.76. The highest BCUT2D eigenvalue weighted by atomic mass is 15.1. The van der Waals surface area contributed by atoms with E-state index in [1.54, 1.807) is 6.20 Å². The molecule has 3 heteroatoms. The Morgan fingerprint density at radius 3 is 3.00 bits per heavy atom. The molecule has 1 saturated heterocycles. The summed E-state index contributed by atoms with van der Waals surface area (Å²) in [5.41, 5.74) is 1.30. The fraction of sp³-hybridized carbons (Fsp3) is 0.600. The van der Waals surface area contributed by atoms with Crippen LogP contribution in [0.25, 0.3) is 0 Å². The highest BCUT2D eigenvalue weighted by Gasteiger charge is 2.20. The number of nitrogens with zero attached hydrogens (tertiary/aromatic N) is 3. The molecule has 1 atom stereocenters. The molecule has 0 spiro atoms. The van der Waals surface area contributed by atoms with Crippen molar-refractivity contribution in [1.82, 2.24) is 15.1 Å². The molecule has 13 heavy (non-hydrogen) atoms. The predicted molar refractivity (Wildman–Crippen MR) is 51.3 cm³/mol. The third kappa shape index (κ3) is 1.86. The van der Waals surface area contributed by atoms with Gasteiger partial charge < -0.3 is 0 Å². The molecule has 1 fully saturated rings. The minimum atomic E-state index is 0.559. The second kappa shape index (κ2) is 3.83. The lowest BCUT2D eigenvalue weighted by Gasteiger charge is -2.32. The van der Waals surface area contributed by atoms with Crippen LogP contribution in [0.2, 0.25) is 0 Å². The van der Waals surface area contributed by atoms with Crippen molar-refractivity contribution >= 4 is 0 Å². The summed E-state index contributed by atoms with van der Waals surface area (Å²) in [6.45, 7) is 1.20. The molecule has 2 heterocycles. The van der Waals surface area contributed by atoms with Gasteiger partial charge in [-0.25, -0.2) is 0 Å². The fourth-order valence-electron chi connectivity index (χ4n) is 1.99. The van der Waals surface area contributed by atoms with E-state index in [0.29, 0.717) is 6.04 Å². The van der Waals surface area contributed by atoms with E-state index >= 15 is 0 Å². The van der Waals surface area contributed by atoms with E-state index in [1.807, 2.05) is 6.20 Å². The average Bonchev–Trinajstić information content (AvgIpc) is 2.20. The smallest absolute Gasteiger partial charge is 0.0544 e. The van der Waals surface area contributed by atoms with E-state index in [2.05, 4.69) is 28.2 Å². The minimum absolute atomic E-state index is 0.559. The van der Waals surface area contributed by atoms with Gasteiger partial charge in [0.25, 0.3) is 0 Å². The quantitative estimate of drug-likeness (QED) is 0.653. The SMILES string of the molecule is CN1CCCC[C@H]1c1ccnnc1. The van der Waals surface area contributed by atoms with Crippen LogP contribution in [0.3, 0.4) is 0 Å². The Bertz CT molecular complexity index is 260. The van der Waals surface area contributed by atoms with E-state index < -0.39 is 0 Å². The lowest BCUT2D eigenvalue weighted by atomic mass is 9.98. The molecule has 3 nitrogen and oxygen atoms in total. The van der Waals surface area contributed by atoms with Gasteiger partial charge in [0.15, 0.2) is 0 Å². The topological polar surface area (TPSA) is 29.0 Å². The highest BCUT2D eigenvalue weighted by molar-refractivity contribution is 5.12. The molecule has 0 amide bonds. The second-order valence-electron chi connectivity index (χ2n) is 3.67. The zero-order chi connectivity index (χ0) is 9.10. The Labute approximate surface area is 78.8 Å². The molecule has 0 unspecified atom stereocenters. The predicted octanol–water partition coefficient (Wildman–Crippen LogP) is 1.63. The minimum Gasteiger partial charge on any atom is -0.299 e. The van der Waals surface area contributed by atoms with Crippen molar-refractivity contribution in [3.05, 3.63) is 24.0 Å². The van der Waals surface area contributed by atoms with Crippen molar-refractivity contribution in [1.29, 1.82) is 0 Å². The van der Waals surface area contributed by atoms with Crippen LogP contribution in [0.15, 0.2) is 18.5 Å². The summed E-state index contributed by atoms with van der Waals surface area (Å²) in [5.74, 6) is 0. The molecule has 70 valence electrons. The first-order valence-corrected chi connectivity index (χ1v) is 4.85.